The molecule has 10 nitrogen and oxygen atoms in total. The van der Waals surface area contributed by atoms with Gasteiger partial charge in [0.05, 0.1) is 20.8 Å². The van der Waals surface area contributed by atoms with Crippen LogP contribution >= 0.6 is 11.8 Å². The normalized spacial score (nSPS) is 12.5. The van der Waals surface area contributed by atoms with Crippen molar-refractivity contribution < 1.29 is 48.3 Å². The number of fused-ring (bicyclic) bond motifs is 2. The van der Waals surface area contributed by atoms with Crippen molar-refractivity contribution in [2.75, 3.05) is 17.7 Å². The number of carbonyl (C=O) groups is 1. The third-order valence-corrected chi connectivity index (χ3v) is 16.6. The second-order valence-corrected chi connectivity index (χ2v) is 23.2. The summed E-state index contributed by atoms with van der Waals surface area (Å²) in [6, 6.07) is 28.1. The number of rotatable bonds is 17. The van der Waals surface area contributed by atoms with Crippen molar-refractivity contribution in [3.8, 4) is 22.5 Å². The highest BCUT2D eigenvalue weighted by Crippen LogP contribution is 2.45. The van der Waals surface area contributed by atoms with Gasteiger partial charge in [0.15, 0.2) is 28.2 Å². The molecule has 5 aromatic carbocycles. The van der Waals surface area contributed by atoms with Gasteiger partial charge in [-0.3, -0.25) is 0 Å². The molecule has 2 N–H and O–H groups in total. The standard InChI is InChI=1S/C55H55F4N3O7S3/c1-29(2)36-16-13-17-37(30(3)4)51(36)60-34-21-23-40-43(27-34)69-44-28-35(61-52-38(31(5)6)18-14-19-39(52)32(7)8)22-24-41(44)46(40)42-15-11-12-20-45(42)71(64,65)62-72(66,67)54-49(58)47(56)53(48(57)50(54)59)70-26-25-68-55(63)33(9)10/h11-24,27-32,60,62H,9,25-26H2,1-8,10H3. The molecule has 1 aliphatic carbocycles. The number of hydrogen-bond acceptors (Lipinski definition) is 10. The van der Waals surface area contributed by atoms with Gasteiger partial charge in [-0.15, -0.1) is 15.9 Å². The second kappa shape index (κ2) is 21.4. The molecule has 378 valence electrons. The van der Waals surface area contributed by atoms with Gasteiger partial charge in [-0.25, -0.2) is 44.2 Å². The molecule has 17 heteroatoms. The number of para-hydroxylation sites is 2. The van der Waals surface area contributed by atoms with Crippen molar-refractivity contribution in [3.63, 3.8) is 0 Å². The highest BCUT2D eigenvalue weighted by atomic mass is 32.3. The number of benzene rings is 6. The van der Waals surface area contributed by atoms with Gasteiger partial charge in [0.25, 0.3) is 20.0 Å². The summed E-state index contributed by atoms with van der Waals surface area (Å²) in [5.41, 5.74) is 7.60. The average molecular weight is 1040 g/mol. The Morgan fingerprint density at radius 2 is 1.26 bits per heavy atom. The quantitative estimate of drug-likeness (QED) is 0.0173. The lowest BCUT2D eigenvalue weighted by Gasteiger charge is -2.22. The monoisotopic (exact) mass is 1040 g/mol. The van der Waals surface area contributed by atoms with Crippen LogP contribution in [0.25, 0.3) is 33.4 Å². The van der Waals surface area contributed by atoms with Gasteiger partial charge in [-0.1, -0.05) is 117 Å². The van der Waals surface area contributed by atoms with Gasteiger partial charge >= 0.3 is 5.97 Å². The fraction of sp³-hybridized carbons (Fsp3) is 0.273. The minimum Gasteiger partial charge on any atom is -0.461 e. The number of esters is 1. The molecular weight excluding hydrogens is 987 g/mol. The van der Waals surface area contributed by atoms with Gasteiger partial charge < -0.3 is 14.5 Å². The molecule has 0 spiro atoms. The third-order valence-electron chi connectivity index (χ3n) is 12.0. The van der Waals surface area contributed by atoms with Crippen molar-refractivity contribution in [1.29, 1.82) is 0 Å². The van der Waals surface area contributed by atoms with E-state index >= 15 is 17.6 Å². The van der Waals surface area contributed by atoms with Gasteiger partial charge in [-0.05, 0) is 83.2 Å². The lowest BCUT2D eigenvalue weighted by Crippen LogP contribution is -2.33. The van der Waals surface area contributed by atoms with Crippen LogP contribution in [0.3, 0.4) is 0 Å². The number of ether oxygens (including phenoxy) is 1. The number of hydrogen-bond donors (Lipinski definition) is 2. The molecule has 2 aliphatic rings. The van der Waals surface area contributed by atoms with Crippen molar-refractivity contribution in [1.82, 2.24) is 4.13 Å². The Balaban J connectivity index is 1.39. The highest BCUT2D eigenvalue weighted by molar-refractivity contribution is 8.04. The van der Waals surface area contributed by atoms with E-state index in [0.717, 1.165) is 39.7 Å². The fourth-order valence-corrected chi connectivity index (χ4v) is 12.4. The lowest BCUT2D eigenvalue weighted by atomic mass is 9.92. The predicted molar refractivity (Wildman–Crippen MR) is 276 cm³/mol. The van der Waals surface area contributed by atoms with E-state index in [-0.39, 0.29) is 63.6 Å². The summed E-state index contributed by atoms with van der Waals surface area (Å²) in [6.07, 6.45) is 0. The fourth-order valence-electron chi connectivity index (χ4n) is 8.42. The topological polar surface area (TPSA) is 144 Å². The Hall–Kier alpha value is -6.27. The second-order valence-electron chi connectivity index (χ2n) is 18.6. The summed E-state index contributed by atoms with van der Waals surface area (Å²) < 4.78 is 132. The molecule has 0 fully saturated rings. The zero-order valence-corrected chi connectivity index (χ0v) is 43.7. The summed E-state index contributed by atoms with van der Waals surface area (Å²) in [5.74, 6) is -9.24. The van der Waals surface area contributed by atoms with Crippen LogP contribution in [-0.4, -0.2) is 35.2 Å². The Kier molecular flexibility index (Phi) is 15.9. The first-order valence-corrected chi connectivity index (χ1v) is 27.2. The summed E-state index contributed by atoms with van der Waals surface area (Å²) in [5, 5.41) is 4.54. The van der Waals surface area contributed by atoms with E-state index in [0.29, 0.717) is 27.6 Å². The van der Waals surface area contributed by atoms with Gasteiger partial charge in [0.1, 0.15) is 18.0 Å². The number of carbonyl (C=O) groups excluding carboxylic acids is 1. The third kappa shape index (κ3) is 10.9. The number of anilines is 2. The molecule has 0 saturated heterocycles. The molecule has 0 bridgehead atoms. The van der Waals surface area contributed by atoms with E-state index in [9.17, 15) is 21.6 Å². The van der Waals surface area contributed by atoms with Crippen LogP contribution < -0.4 is 14.8 Å². The Morgan fingerprint density at radius 1 is 0.694 bits per heavy atom. The summed E-state index contributed by atoms with van der Waals surface area (Å²) in [4.78, 5) is 12.7. The molecule has 0 amide bonds. The summed E-state index contributed by atoms with van der Waals surface area (Å²) in [7, 11) is -11.3. The molecule has 1 aliphatic heterocycles. The predicted octanol–water partition coefficient (Wildman–Crippen LogP) is 14.1. The van der Waals surface area contributed by atoms with Crippen molar-refractivity contribution in [3.05, 3.63) is 160 Å². The summed E-state index contributed by atoms with van der Waals surface area (Å²) in [6.45, 7) is 21.1. The Labute approximate surface area is 422 Å². The molecule has 0 saturated carbocycles. The zero-order chi connectivity index (χ0) is 52.6. The van der Waals surface area contributed by atoms with E-state index in [1.165, 1.54) is 29.3 Å². The van der Waals surface area contributed by atoms with Crippen LogP contribution in [0, 0.1) is 23.3 Å². The van der Waals surface area contributed by atoms with E-state index in [1.807, 2.05) is 24.3 Å². The average Bonchev–Trinajstić information content (AvgIpc) is 3.31. The first-order valence-electron chi connectivity index (χ1n) is 23.2. The first-order chi connectivity index (χ1) is 33.9. The molecule has 1 heterocycles. The largest absolute Gasteiger partial charge is 0.461 e. The molecule has 0 unspecified atom stereocenters. The van der Waals surface area contributed by atoms with Crippen LogP contribution in [0.1, 0.15) is 108 Å². The maximum absolute atomic E-state index is 15.7. The zero-order valence-electron chi connectivity index (χ0n) is 41.2. The Morgan fingerprint density at radius 3 is 1.83 bits per heavy atom. The molecule has 0 radical (unpaired) electrons. The number of nitrogens with one attached hydrogen (secondary N) is 2. The van der Waals surface area contributed by atoms with Crippen LogP contribution in [-0.2, 0) is 29.6 Å². The molecule has 0 atom stereocenters. The maximum Gasteiger partial charge on any atom is 0.333 e. The summed E-state index contributed by atoms with van der Waals surface area (Å²) >= 11 is 0.207. The van der Waals surface area contributed by atoms with Crippen molar-refractivity contribution >= 4 is 65.8 Å². The van der Waals surface area contributed by atoms with E-state index < -0.39 is 70.6 Å². The van der Waals surface area contributed by atoms with Crippen molar-refractivity contribution in [2.45, 2.75) is 101 Å². The smallest absolute Gasteiger partial charge is 0.333 e. The number of nitrogens with zero attached hydrogens (tertiary/aromatic N) is 1. The van der Waals surface area contributed by atoms with Crippen LogP contribution in [0.4, 0.5) is 34.6 Å². The Bertz CT molecular complexity index is 3450. The number of thioether (sulfide) groups is 1. The van der Waals surface area contributed by atoms with E-state index in [1.54, 1.807) is 36.4 Å². The van der Waals surface area contributed by atoms with Gasteiger partial charge in [0, 0.05) is 56.9 Å². The molecular formula is C55H55F4N3O7S3. The van der Waals surface area contributed by atoms with Crippen LogP contribution in [0.2, 0.25) is 0 Å². The number of sulfonamides is 2. The lowest BCUT2D eigenvalue weighted by molar-refractivity contribution is -0.138. The van der Waals surface area contributed by atoms with Crippen LogP contribution in [0.5, 0.6) is 0 Å². The highest BCUT2D eigenvalue weighted by Gasteiger charge is 2.37. The first kappa shape index (κ1) is 53.5. The SMILES string of the molecule is C=C(C)C(=O)OCCSc1c(F)c(F)c(S(=O)(=O)NS(=O)(=O)c2ccccc2-c2c3ccc(=Nc4c(C(C)C)cccc4C(C)C)cc-3oc3cc(Nc4c(C(C)C)cccc4C(C)C)ccc23)c(F)c1F. The maximum atomic E-state index is 15.7. The van der Waals surface area contributed by atoms with Crippen molar-refractivity contribution in [2.24, 2.45) is 4.99 Å². The van der Waals surface area contributed by atoms with E-state index in [4.69, 9.17) is 14.1 Å². The minimum atomic E-state index is -5.92. The van der Waals surface area contributed by atoms with Gasteiger partial charge in [-0.2, -0.15) is 0 Å². The minimum absolute atomic E-state index is 0.0332. The van der Waals surface area contributed by atoms with Crippen LogP contribution in [0.15, 0.2) is 133 Å². The molecule has 5 aromatic rings. The van der Waals surface area contributed by atoms with Gasteiger partial charge in [0.2, 0.25) is 0 Å². The van der Waals surface area contributed by atoms with E-state index in [2.05, 4.69) is 79.4 Å². The molecule has 7 rings (SSSR count). The molecule has 72 heavy (non-hydrogen) atoms. The molecule has 0 aromatic heterocycles. The number of halogens is 4.